The van der Waals surface area contributed by atoms with Crippen LogP contribution in [0.2, 0.25) is 0 Å². The van der Waals surface area contributed by atoms with Crippen molar-refractivity contribution in [1.82, 2.24) is 20.7 Å². The monoisotopic (exact) mass is 738 g/mol. The molecule has 0 aliphatic carbocycles. The number of carboxylic acid groups (broad SMARTS) is 1. The van der Waals surface area contributed by atoms with Gasteiger partial charge in [0.15, 0.2) is 16.0 Å². The second kappa shape index (κ2) is 16.7. The molecule has 3 fully saturated rings. The number of thiocarbonyl (C=S) groups is 1. The molecule has 268 valence electrons. The zero-order valence-corrected chi connectivity index (χ0v) is 29.1. The number of carboxylic acids is 1. The fourth-order valence-electron chi connectivity index (χ4n) is 5.83. The van der Waals surface area contributed by atoms with Crippen molar-refractivity contribution in [2.24, 2.45) is 0 Å². The normalized spacial score (nSPS) is 17.6. The van der Waals surface area contributed by atoms with E-state index < -0.39 is 29.4 Å². The Labute approximate surface area is 302 Å². The minimum atomic E-state index is -1.11. The number of carbonyl (C=O) groups excluding carboxylic acids is 2. The third-order valence-corrected chi connectivity index (χ3v) is 9.78. The molecule has 6 rings (SSSR count). The maximum Gasteiger partial charge on any atom is 0.337 e. The smallest absolute Gasteiger partial charge is 0.337 e. The molecule has 0 saturated carbocycles. The maximum absolute atomic E-state index is 14.1. The summed E-state index contributed by atoms with van der Waals surface area (Å²) in [6, 6.07) is 13.5. The van der Waals surface area contributed by atoms with Gasteiger partial charge in [-0.15, -0.1) is 0 Å². The number of hydrogen-bond donors (Lipinski definition) is 4. The molecule has 0 unspecified atom stereocenters. The molecular weight excluding hydrogens is 703 g/mol. The van der Waals surface area contributed by atoms with Crippen LogP contribution in [0.15, 0.2) is 59.5 Å². The number of hydrazine groups is 1. The van der Waals surface area contributed by atoms with Crippen molar-refractivity contribution in [2.45, 2.75) is 0 Å². The zero-order valence-electron chi connectivity index (χ0n) is 27.5. The molecule has 3 aliphatic rings. The second-order valence-electron chi connectivity index (χ2n) is 11.9. The van der Waals surface area contributed by atoms with E-state index in [9.17, 15) is 28.3 Å². The van der Waals surface area contributed by atoms with Crippen molar-refractivity contribution in [2.75, 3.05) is 82.4 Å². The van der Waals surface area contributed by atoms with Gasteiger partial charge in [0.05, 0.1) is 35.9 Å². The number of rotatable bonds is 12. The average Bonchev–Trinajstić information content (AvgIpc) is 3.40. The predicted molar refractivity (Wildman–Crippen MR) is 195 cm³/mol. The molecule has 16 heteroatoms. The van der Waals surface area contributed by atoms with Gasteiger partial charge in [0.25, 0.3) is 5.91 Å². The van der Waals surface area contributed by atoms with Gasteiger partial charge in [-0.3, -0.25) is 14.5 Å². The number of aromatic carboxylic acids is 1. The number of anilines is 2. The molecule has 3 heterocycles. The number of benzene rings is 3. The molecule has 0 aromatic heterocycles. The molecule has 0 bridgehead atoms. The Bertz CT molecular complexity index is 1850. The van der Waals surface area contributed by atoms with Crippen molar-refractivity contribution in [3.8, 4) is 16.9 Å². The Morgan fingerprint density at radius 1 is 1.00 bits per heavy atom. The molecule has 3 aliphatic heterocycles. The Kier molecular flexibility index (Phi) is 11.9. The van der Waals surface area contributed by atoms with Gasteiger partial charge in [0.1, 0.15) is 12.4 Å². The largest absolute Gasteiger partial charge is 0.492 e. The third kappa shape index (κ3) is 9.08. The summed E-state index contributed by atoms with van der Waals surface area (Å²) in [5.74, 6) is -3.58. The van der Waals surface area contributed by atoms with Crippen molar-refractivity contribution in [3.63, 3.8) is 0 Å². The summed E-state index contributed by atoms with van der Waals surface area (Å²) < 4.78 is 39.4. The lowest BCUT2D eigenvalue weighted by atomic mass is 10.0. The first-order valence-corrected chi connectivity index (χ1v) is 17.6. The molecule has 12 nitrogen and oxygen atoms in total. The van der Waals surface area contributed by atoms with E-state index in [1.165, 1.54) is 12.1 Å². The second-order valence-corrected chi connectivity index (χ2v) is 13.5. The fourth-order valence-corrected chi connectivity index (χ4v) is 7.03. The standard InChI is InChI=1S/C35H36F2N6O6S2/c36-27-4-1-23(18-28(27)37)22-2-6-30(49-16-13-41-11-14-48-15-12-41)24(17-22)19-31-33(45)43(35(50)51-31)39-21-32(44)40-25-3-5-29(26(20-25)34(46)47)42-9-7-38-8-10-42/h1-6,17-20,38-39H,7-16,21H2,(H,40,44)(H,46,47). The fraction of sp³-hybridized carbons (Fsp3) is 0.314. The van der Waals surface area contributed by atoms with Gasteiger partial charge in [0.2, 0.25) is 5.91 Å². The van der Waals surface area contributed by atoms with E-state index in [4.69, 9.17) is 21.7 Å². The lowest BCUT2D eigenvalue weighted by Gasteiger charge is -2.30. The molecule has 4 N–H and O–H groups in total. The van der Waals surface area contributed by atoms with Gasteiger partial charge in [0, 0.05) is 57.1 Å². The van der Waals surface area contributed by atoms with Gasteiger partial charge < -0.3 is 30.1 Å². The van der Waals surface area contributed by atoms with Crippen LogP contribution in [0.5, 0.6) is 5.75 Å². The summed E-state index contributed by atoms with van der Waals surface area (Å²) in [7, 11) is 0. The topological polar surface area (TPSA) is 136 Å². The van der Waals surface area contributed by atoms with Crippen LogP contribution in [0, 0.1) is 11.6 Å². The Hall–Kier alpha value is -4.45. The molecule has 0 spiro atoms. The highest BCUT2D eigenvalue weighted by molar-refractivity contribution is 8.26. The summed E-state index contributed by atoms with van der Waals surface area (Å²) >= 11 is 6.48. The summed E-state index contributed by atoms with van der Waals surface area (Å²) in [6.07, 6.45) is 1.61. The van der Waals surface area contributed by atoms with Crippen LogP contribution >= 0.6 is 24.0 Å². The van der Waals surface area contributed by atoms with Crippen molar-refractivity contribution < 1.29 is 37.7 Å². The molecule has 3 aromatic carbocycles. The first kappa shape index (κ1) is 36.3. The summed E-state index contributed by atoms with van der Waals surface area (Å²) in [4.78, 5) is 42.8. The number of piperazine rings is 1. The Morgan fingerprint density at radius 2 is 1.75 bits per heavy atom. The molecule has 0 atom stereocenters. The third-order valence-electron chi connectivity index (χ3n) is 8.48. The first-order valence-electron chi connectivity index (χ1n) is 16.3. The minimum Gasteiger partial charge on any atom is -0.492 e. The molecular formula is C35H36F2N6O6S2. The lowest BCUT2D eigenvalue weighted by Crippen LogP contribution is -2.45. The Morgan fingerprint density at radius 3 is 2.49 bits per heavy atom. The number of halogens is 2. The predicted octanol–water partition coefficient (Wildman–Crippen LogP) is 3.80. The minimum absolute atomic E-state index is 0.0720. The van der Waals surface area contributed by atoms with Crippen LogP contribution in [0.3, 0.4) is 0 Å². The number of ether oxygens (including phenoxy) is 2. The van der Waals surface area contributed by atoms with Crippen LogP contribution in [0.4, 0.5) is 20.2 Å². The van der Waals surface area contributed by atoms with Gasteiger partial charge in [-0.05, 0) is 59.7 Å². The van der Waals surface area contributed by atoms with Crippen LogP contribution in [0.1, 0.15) is 15.9 Å². The van der Waals surface area contributed by atoms with E-state index in [1.807, 2.05) is 4.90 Å². The van der Waals surface area contributed by atoms with Crippen molar-refractivity contribution in [3.05, 3.63) is 82.3 Å². The number of carbonyl (C=O) groups is 3. The summed E-state index contributed by atoms with van der Waals surface area (Å²) in [6.45, 7) is 6.42. The van der Waals surface area contributed by atoms with E-state index in [2.05, 4.69) is 21.0 Å². The van der Waals surface area contributed by atoms with Crippen molar-refractivity contribution >= 4 is 63.5 Å². The molecule has 51 heavy (non-hydrogen) atoms. The number of thioether (sulfide) groups is 1. The molecule has 0 radical (unpaired) electrons. The quantitative estimate of drug-likeness (QED) is 0.159. The number of nitrogens with zero attached hydrogens (tertiary/aromatic N) is 3. The van der Waals surface area contributed by atoms with Gasteiger partial charge in [-0.25, -0.2) is 24.0 Å². The highest BCUT2D eigenvalue weighted by Gasteiger charge is 2.33. The number of nitrogens with one attached hydrogen (secondary N) is 3. The highest BCUT2D eigenvalue weighted by atomic mass is 32.2. The van der Waals surface area contributed by atoms with Crippen LogP contribution in [-0.4, -0.2) is 109 Å². The molecule has 3 saturated heterocycles. The van der Waals surface area contributed by atoms with Gasteiger partial charge >= 0.3 is 5.97 Å². The van der Waals surface area contributed by atoms with E-state index in [0.29, 0.717) is 73.3 Å². The highest BCUT2D eigenvalue weighted by Crippen LogP contribution is 2.35. The first-order chi connectivity index (χ1) is 24.7. The number of amides is 2. The van der Waals surface area contributed by atoms with Gasteiger partial charge in [-0.1, -0.05) is 36.1 Å². The van der Waals surface area contributed by atoms with Crippen molar-refractivity contribution in [1.29, 1.82) is 0 Å². The van der Waals surface area contributed by atoms with E-state index >= 15 is 0 Å². The van der Waals surface area contributed by atoms with Crippen LogP contribution in [0.25, 0.3) is 17.2 Å². The van der Waals surface area contributed by atoms with Gasteiger partial charge in [-0.2, -0.15) is 0 Å². The summed E-state index contributed by atoms with van der Waals surface area (Å²) in [5, 5.41) is 16.8. The van der Waals surface area contributed by atoms with Crippen LogP contribution in [-0.2, 0) is 14.3 Å². The SMILES string of the molecule is O=C(CNN1C(=O)C(=Cc2cc(-c3ccc(F)c(F)c3)ccc2OCCN2CCOCC2)SC1=S)Nc1ccc(N2CCNCC2)c(C(=O)O)c1. The van der Waals surface area contributed by atoms with E-state index in [1.54, 1.807) is 36.4 Å². The average molecular weight is 739 g/mol. The van der Waals surface area contributed by atoms with E-state index in [0.717, 1.165) is 55.1 Å². The summed E-state index contributed by atoms with van der Waals surface area (Å²) in [5.41, 5.74) is 5.26. The van der Waals surface area contributed by atoms with Crippen LogP contribution < -0.4 is 25.7 Å². The number of morpholine rings is 1. The molecule has 2 amide bonds. The maximum atomic E-state index is 14.1. The molecule has 3 aromatic rings. The zero-order chi connectivity index (χ0) is 35.9. The van der Waals surface area contributed by atoms with E-state index in [-0.39, 0.29) is 21.3 Å². The lowest BCUT2D eigenvalue weighted by molar-refractivity contribution is -0.124. The number of hydrogen-bond acceptors (Lipinski definition) is 11. The Balaban J connectivity index is 1.14.